The molecule has 0 amide bonds. The molecule has 1 aliphatic heterocycles. The average Bonchev–Trinajstić information content (AvgIpc) is 2.75. The Balaban J connectivity index is 0.000000617. The fourth-order valence-corrected chi connectivity index (χ4v) is 2.75. The van der Waals surface area contributed by atoms with E-state index in [0.717, 1.165) is 6.54 Å². The maximum Gasteiger partial charge on any atom is 0.106 e. The van der Waals surface area contributed by atoms with E-state index in [9.17, 15) is 0 Å². The quantitative estimate of drug-likeness (QED) is 0.699. The largest absolute Gasteiger partial charge is 0.307 e. The molecule has 1 aliphatic rings. The molecule has 0 aromatic heterocycles. The van der Waals surface area contributed by atoms with Gasteiger partial charge in [-0.05, 0) is 11.7 Å². The molecule has 2 rings (SSSR count). The zero-order valence-electron chi connectivity index (χ0n) is 8.28. The number of hydrogen-bond donors (Lipinski definition) is 0. The molecule has 3 heteroatoms. The van der Waals surface area contributed by atoms with E-state index in [1.165, 1.54) is 33.1 Å². The van der Waals surface area contributed by atoms with Gasteiger partial charge in [0.25, 0.3) is 0 Å². The summed E-state index contributed by atoms with van der Waals surface area (Å²) >= 11 is 0. The van der Waals surface area contributed by atoms with Crippen LogP contribution in [0.1, 0.15) is 6.99 Å². The van der Waals surface area contributed by atoms with Gasteiger partial charge in [0, 0.05) is 20.8 Å². The van der Waals surface area contributed by atoms with Crippen LogP contribution in [0.2, 0.25) is 0 Å². The van der Waals surface area contributed by atoms with Crippen molar-refractivity contribution in [2.24, 2.45) is 0 Å². The molecule has 1 saturated heterocycles. The van der Waals surface area contributed by atoms with Crippen molar-refractivity contribution >= 4 is 15.4 Å². The third-order valence-corrected chi connectivity index (χ3v) is 3.44. The first-order valence-corrected chi connectivity index (χ1v) is 6.12. The number of hydrogen-bond acceptors (Lipinski definition) is 2. The molecular weight excluding hydrogens is 193 g/mol. The Morgan fingerprint density at radius 3 is 2.64 bits per heavy atom. The highest BCUT2D eigenvalue weighted by Gasteiger charge is 2.10. The van der Waals surface area contributed by atoms with E-state index in [2.05, 4.69) is 35.2 Å². The molecule has 1 aromatic rings. The fraction of sp³-hybridized carbons (Fsp3) is 0.364. The molecule has 0 radical (unpaired) electrons. The molecule has 78 valence electrons. The second-order valence-electron chi connectivity index (χ2n) is 3.20. The monoisotopic (exact) mass is 211 g/mol. The lowest BCUT2D eigenvalue weighted by molar-refractivity contribution is -0.0979. The lowest BCUT2D eigenvalue weighted by atomic mass is 10.2. The van der Waals surface area contributed by atoms with E-state index in [-0.39, 0.29) is 1.43 Å². The number of carbonyl (C=O) groups is 1. The maximum absolute atomic E-state index is 8.00. The van der Waals surface area contributed by atoms with Crippen molar-refractivity contribution in [1.82, 2.24) is 4.90 Å². The van der Waals surface area contributed by atoms with E-state index in [4.69, 9.17) is 4.79 Å². The summed E-state index contributed by atoms with van der Waals surface area (Å²) in [7, 11) is 1.17. The Labute approximate surface area is 88.6 Å². The second kappa shape index (κ2) is 6.69. The molecule has 1 heterocycles. The minimum Gasteiger partial charge on any atom is -0.307 e. The highest BCUT2D eigenvalue weighted by molar-refractivity contribution is 7.38. The van der Waals surface area contributed by atoms with Gasteiger partial charge in [0.05, 0.1) is 0 Å². The summed E-state index contributed by atoms with van der Waals surface area (Å²) in [5.74, 6) is 0. The molecule has 0 N–H and O–H groups in total. The molecule has 1 atom stereocenters. The van der Waals surface area contributed by atoms with Gasteiger partial charge in [-0.1, -0.05) is 30.3 Å². The zero-order valence-corrected chi connectivity index (χ0v) is 9.28. The van der Waals surface area contributed by atoms with Gasteiger partial charge in [-0.15, -0.1) is 8.58 Å². The SMILES string of the molecule is C=O.[HH].c1ccc(CN2CCPC2)cc1. The van der Waals surface area contributed by atoms with Crippen molar-refractivity contribution in [3.8, 4) is 0 Å². The van der Waals surface area contributed by atoms with Crippen LogP contribution < -0.4 is 0 Å². The number of nitrogens with zero attached hydrogens (tertiary/aromatic N) is 1. The first kappa shape index (κ1) is 11.4. The van der Waals surface area contributed by atoms with E-state index in [0.29, 0.717) is 0 Å². The minimum absolute atomic E-state index is 0. The lowest BCUT2D eigenvalue weighted by Crippen LogP contribution is -2.18. The van der Waals surface area contributed by atoms with Crippen LogP contribution in [-0.2, 0) is 11.3 Å². The summed E-state index contributed by atoms with van der Waals surface area (Å²) in [5.41, 5.74) is 1.45. The Morgan fingerprint density at radius 1 is 1.36 bits per heavy atom. The van der Waals surface area contributed by atoms with Gasteiger partial charge in [-0.2, -0.15) is 0 Å². The van der Waals surface area contributed by atoms with Crippen LogP contribution in [0.15, 0.2) is 30.3 Å². The molecule has 1 unspecified atom stereocenters. The maximum atomic E-state index is 8.00. The van der Waals surface area contributed by atoms with Crippen LogP contribution in [0.3, 0.4) is 0 Å². The Kier molecular flexibility index (Phi) is 5.43. The molecule has 1 fully saturated rings. The van der Waals surface area contributed by atoms with Crippen LogP contribution in [0, 0.1) is 0 Å². The van der Waals surface area contributed by atoms with E-state index >= 15 is 0 Å². The Bertz CT molecular complexity index is 252. The second-order valence-corrected chi connectivity index (χ2v) is 4.51. The molecular formula is C11H18NOP. The molecule has 0 aliphatic carbocycles. The minimum atomic E-state index is 0. The van der Waals surface area contributed by atoms with Gasteiger partial charge in [0.1, 0.15) is 6.79 Å². The van der Waals surface area contributed by atoms with Gasteiger partial charge in [0.2, 0.25) is 0 Å². The zero-order chi connectivity index (χ0) is 10.2. The van der Waals surface area contributed by atoms with Crippen molar-refractivity contribution in [2.45, 2.75) is 6.54 Å². The van der Waals surface area contributed by atoms with Crippen molar-refractivity contribution in [1.29, 1.82) is 0 Å². The summed E-state index contributed by atoms with van der Waals surface area (Å²) in [6, 6.07) is 10.7. The van der Waals surface area contributed by atoms with Crippen LogP contribution in [0.25, 0.3) is 0 Å². The Hall–Kier alpha value is -0.720. The third kappa shape index (κ3) is 3.57. The lowest BCUT2D eigenvalue weighted by Gasteiger charge is -2.13. The predicted molar refractivity (Wildman–Crippen MR) is 64.1 cm³/mol. The summed E-state index contributed by atoms with van der Waals surface area (Å²) in [6.45, 7) is 4.45. The van der Waals surface area contributed by atoms with Gasteiger partial charge in [0.15, 0.2) is 0 Å². The van der Waals surface area contributed by atoms with E-state index < -0.39 is 0 Å². The van der Waals surface area contributed by atoms with Gasteiger partial charge < -0.3 is 4.79 Å². The van der Waals surface area contributed by atoms with Crippen molar-refractivity contribution in [3.05, 3.63) is 35.9 Å². The Morgan fingerprint density at radius 2 is 2.07 bits per heavy atom. The van der Waals surface area contributed by atoms with Gasteiger partial charge in [-0.3, -0.25) is 4.90 Å². The van der Waals surface area contributed by atoms with Crippen LogP contribution in [0.4, 0.5) is 0 Å². The average molecular weight is 211 g/mol. The van der Waals surface area contributed by atoms with Gasteiger partial charge in [-0.25, -0.2) is 0 Å². The van der Waals surface area contributed by atoms with Crippen LogP contribution in [-0.4, -0.2) is 30.7 Å². The van der Waals surface area contributed by atoms with Crippen molar-refractivity contribution in [2.75, 3.05) is 19.0 Å². The molecule has 14 heavy (non-hydrogen) atoms. The fourth-order valence-electron chi connectivity index (χ4n) is 1.53. The van der Waals surface area contributed by atoms with Crippen molar-refractivity contribution in [3.63, 3.8) is 0 Å². The van der Waals surface area contributed by atoms with Gasteiger partial charge >= 0.3 is 0 Å². The third-order valence-electron chi connectivity index (χ3n) is 2.19. The number of benzene rings is 1. The van der Waals surface area contributed by atoms with Crippen LogP contribution in [0.5, 0.6) is 0 Å². The summed E-state index contributed by atoms with van der Waals surface area (Å²) in [4.78, 5) is 10.5. The molecule has 0 saturated carbocycles. The molecule has 0 spiro atoms. The topological polar surface area (TPSA) is 20.3 Å². The molecule has 1 aromatic carbocycles. The normalized spacial score (nSPS) is 17.7. The standard InChI is InChI=1S/C10H14NP.CH2O.H2/c1-2-4-10(5-3-1)8-11-6-7-12-9-11;1-2;/h1-5,12H,6-9H2;1H2;1H. The highest BCUT2D eigenvalue weighted by atomic mass is 31.1. The smallest absolute Gasteiger partial charge is 0.106 e. The first-order chi connectivity index (χ1) is 6.95. The predicted octanol–water partition coefficient (Wildman–Crippen LogP) is 2.20. The molecule has 2 nitrogen and oxygen atoms in total. The number of carbonyl (C=O) groups excluding carboxylic acids is 1. The van der Waals surface area contributed by atoms with E-state index in [1.54, 1.807) is 0 Å². The summed E-state index contributed by atoms with van der Waals surface area (Å²) in [5, 5.41) is 0. The first-order valence-electron chi connectivity index (χ1n) is 4.71. The number of rotatable bonds is 2. The summed E-state index contributed by atoms with van der Waals surface area (Å²) in [6.07, 6.45) is 2.72. The summed E-state index contributed by atoms with van der Waals surface area (Å²) < 4.78 is 0. The van der Waals surface area contributed by atoms with E-state index in [1.807, 2.05) is 6.79 Å². The van der Waals surface area contributed by atoms with Crippen molar-refractivity contribution < 1.29 is 6.22 Å². The van der Waals surface area contributed by atoms with Crippen LogP contribution >= 0.6 is 8.58 Å². The highest BCUT2D eigenvalue weighted by Crippen LogP contribution is 2.21. The molecule has 0 bridgehead atoms.